The molecular formula is C16H20N2OS. The Bertz CT molecular complexity index is 626. The monoisotopic (exact) mass is 288 g/mol. The Morgan fingerprint density at radius 1 is 1.25 bits per heavy atom. The highest BCUT2D eigenvalue weighted by Crippen LogP contribution is 2.29. The van der Waals surface area contributed by atoms with Gasteiger partial charge in [-0.05, 0) is 36.7 Å². The van der Waals surface area contributed by atoms with Gasteiger partial charge in [-0.1, -0.05) is 12.1 Å². The Morgan fingerprint density at radius 3 is 2.75 bits per heavy atom. The number of fused-ring (bicyclic) bond motifs is 1. The molecule has 0 aliphatic carbocycles. The van der Waals surface area contributed by atoms with Gasteiger partial charge in [0, 0.05) is 36.4 Å². The Morgan fingerprint density at radius 2 is 2.00 bits per heavy atom. The second-order valence-corrected chi connectivity index (χ2v) is 6.69. The molecule has 0 radical (unpaired) electrons. The number of rotatable bonds is 3. The van der Waals surface area contributed by atoms with Crippen molar-refractivity contribution in [1.82, 2.24) is 10.2 Å². The number of piperazine rings is 1. The lowest BCUT2D eigenvalue weighted by molar-refractivity contribution is 0.0604. The SMILES string of the molecule is CC(C)(C(=O)c1cccc2ccsc12)N1CCNCC1. The molecule has 0 spiro atoms. The van der Waals surface area contributed by atoms with E-state index in [2.05, 4.69) is 27.7 Å². The second-order valence-electron chi connectivity index (χ2n) is 5.77. The van der Waals surface area contributed by atoms with Crippen molar-refractivity contribution in [2.24, 2.45) is 0 Å². The van der Waals surface area contributed by atoms with E-state index in [4.69, 9.17) is 0 Å². The lowest BCUT2D eigenvalue weighted by atomic mass is 9.90. The molecule has 1 N–H and O–H groups in total. The Kier molecular flexibility index (Phi) is 3.63. The predicted octanol–water partition coefficient (Wildman–Crippen LogP) is 2.77. The van der Waals surface area contributed by atoms with E-state index in [0.29, 0.717) is 0 Å². The van der Waals surface area contributed by atoms with Crippen LogP contribution in [-0.2, 0) is 0 Å². The van der Waals surface area contributed by atoms with Crippen molar-refractivity contribution in [3.05, 3.63) is 35.2 Å². The van der Waals surface area contributed by atoms with Crippen LogP contribution in [0.1, 0.15) is 24.2 Å². The first-order valence-electron chi connectivity index (χ1n) is 7.07. The van der Waals surface area contributed by atoms with E-state index in [-0.39, 0.29) is 5.78 Å². The molecule has 3 rings (SSSR count). The number of nitrogens with one attached hydrogen (secondary N) is 1. The Hall–Kier alpha value is -1.23. The summed E-state index contributed by atoms with van der Waals surface area (Å²) in [7, 11) is 0. The quantitative estimate of drug-likeness (QED) is 0.882. The molecule has 4 heteroatoms. The molecule has 0 unspecified atom stereocenters. The van der Waals surface area contributed by atoms with Crippen molar-refractivity contribution in [2.45, 2.75) is 19.4 Å². The van der Waals surface area contributed by atoms with Crippen LogP contribution >= 0.6 is 11.3 Å². The smallest absolute Gasteiger partial charge is 0.183 e. The van der Waals surface area contributed by atoms with Gasteiger partial charge in [-0.15, -0.1) is 11.3 Å². The first kappa shape index (κ1) is 13.7. The van der Waals surface area contributed by atoms with Crippen LogP contribution in [-0.4, -0.2) is 42.4 Å². The largest absolute Gasteiger partial charge is 0.314 e. The molecule has 1 saturated heterocycles. The van der Waals surface area contributed by atoms with Gasteiger partial charge >= 0.3 is 0 Å². The van der Waals surface area contributed by atoms with Crippen LogP contribution in [0.5, 0.6) is 0 Å². The number of hydrogen-bond acceptors (Lipinski definition) is 4. The summed E-state index contributed by atoms with van der Waals surface area (Å²) >= 11 is 1.65. The topological polar surface area (TPSA) is 32.3 Å². The average Bonchev–Trinajstić information content (AvgIpc) is 2.95. The average molecular weight is 288 g/mol. The lowest BCUT2D eigenvalue weighted by Gasteiger charge is -2.40. The van der Waals surface area contributed by atoms with E-state index in [9.17, 15) is 4.79 Å². The third kappa shape index (κ3) is 2.28. The number of thiophene rings is 1. The van der Waals surface area contributed by atoms with Gasteiger partial charge in [0.25, 0.3) is 0 Å². The standard InChI is InChI=1S/C16H20N2OS/c1-16(2,18-9-7-17-8-10-18)15(19)13-5-3-4-12-6-11-20-14(12)13/h3-6,11,17H,7-10H2,1-2H3. The maximum atomic E-state index is 13.0. The molecule has 1 fully saturated rings. The van der Waals surface area contributed by atoms with Crippen LogP contribution < -0.4 is 5.32 Å². The van der Waals surface area contributed by atoms with E-state index in [1.165, 1.54) is 0 Å². The van der Waals surface area contributed by atoms with E-state index in [1.54, 1.807) is 11.3 Å². The maximum Gasteiger partial charge on any atom is 0.183 e. The zero-order valence-corrected chi connectivity index (χ0v) is 12.8. The minimum absolute atomic E-state index is 0.229. The molecule has 2 aromatic rings. The van der Waals surface area contributed by atoms with Gasteiger partial charge in [-0.25, -0.2) is 0 Å². The van der Waals surface area contributed by atoms with Crippen molar-refractivity contribution in [1.29, 1.82) is 0 Å². The third-order valence-corrected chi connectivity index (χ3v) is 5.15. The molecule has 1 aromatic carbocycles. The van der Waals surface area contributed by atoms with Crippen LogP contribution in [0.15, 0.2) is 29.6 Å². The van der Waals surface area contributed by atoms with Gasteiger partial charge in [0.1, 0.15) is 0 Å². The van der Waals surface area contributed by atoms with Crippen LogP contribution in [0.3, 0.4) is 0 Å². The summed E-state index contributed by atoms with van der Waals surface area (Å²) < 4.78 is 1.11. The normalized spacial score (nSPS) is 17.5. The van der Waals surface area contributed by atoms with E-state index in [0.717, 1.165) is 41.8 Å². The fourth-order valence-electron chi connectivity index (χ4n) is 2.87. The number of ketones is 1. The summed E-state index contributed by atoms with van der Waals surface area (Å²) in [5, 5.41) is 6.56. The molecule has 2 heterocycles. The molecule has 1 aliphatic rings. The molecular weight excluding hydrogens is 268 g/mol. The van der Waals surface area contributed by atoms with Gasteiger partial charge < -0.3 is 5.32 Å². The highest BCUT2D eigenvalue weighted by atomic mass is 32.1. The Labute approximate surface area is 123 Å². The van der Waals surface area contributed by atoms with E-state index in [1.807, 2.05) is 26.0 Å². The summed E-state index contributed by atoms with van der Waals surface area (Å²) in [6, 6.07) is 8.09. The number of Topliss-reactive ketones (excluding diaryl/α,β-unsaturated/α-hetero) is 1. The maximum absolute atomic E-state index is 13.0. The van der Waals surface area contributed by atoms with Crippen molar-refractivity contribution in [3.8, 4) is 0 Å². The fourth-order valence-corrected chi connectivity index (χ4v) is 3.78. The van der Waals surface area contributed by atoms with Gasteiger partial charge in [-0.3, -0.25) is 9.69 Å². The molecule has 0 amide bonds. The second kappa shape index (κ2) is 5.28. The molecule has 0 bridgehead atoms. The van der Waals surface area contributed by atoms with Crippen LogP contribution in [0.4, 0.5) is 0 Å². The summed E-state index contributed by atoms with van der Waals surface area (Å²) in [5.74, 6) is 0.229. The zero-order valence-electron chi connectivity index (χ0n) is 12.0. The van der Waals surface area contributed by atoms with Crippen molar-refractivity contribution < 1.29 is 4.79 Å². The van der Waals surface area contributed by atoms with E-state index < -0.39 is 5.54 Å². The summed E-state index contributed by atoms with van der Waals surface area (Å²) in [6.45, 7) is 7.87. The Balaban J connectivity index is 1.96. The fraction of sp³-hybridized carbons (Fsp3) is 0.438. The molecule has 1 aliphatic heterocycles. The predicted molar refractivity (Wildman–Crippen MR) is 84.7 cm³/mol. The first-order valence-corrected chi connectivity index (χ1v) is 7.95. The molecule has 0 saturated carbocycles. The zero-order chi connectivity index (χ0) is 14.2. The summed E-state index contributed by atoms with van der Waals surface area (Å²) in [6.07, 6.45) is 0. The number of carbonyl (C=O) groups excluding carboxylic acids is 1. The van der Waals surface area contributed by atoms with Crippen LogP contribution in [0.25, 0.3) is 10.1 Å². The van der Waals surface area contributed by atoms with Gasteiger partial charge in [0.2, 0.25) is 0 Å². The van der Waals surface area contributed by atoms with E-state index >= 15 is 0 Å². The number of nitrogens with zero attached hydrogens (tertiary/aromatic N) is 1. The number of benzene rings is 1. The van der Waals surface area contributed by atoms with Crippen molar-refractivity contribution >= 4 is 27.2 Å². The first-order chi connectivity index (χ1) is 9.60. The lowest BCUT2D eigenvalue weighted by Crippen LogP contribution is -2.57. The molecule has 106 valence electrons. The number of hydrogen-bond donors (Lipinski definition) is 1. The molecule has 20 heavy (non-hydrogen) atoms. The van der Waals surface area contributed by atoms with Gasteiger partial charge in [0.15, 0.2) is 5.78 Å². The van der Waals surface area contributed by atoms with Gasteiger partial charge in [-0.2, -0.15) is 0 Å². The summed E-state index contributed by atoms with van der Waals surface area (Å²) in [4.78, 5) is 15.3. The highest BCUT2D eigenvalue weighted by molar-refractivity contribution is 7.17. The number of carbonyl (C=O) groups is 1. The minimum Gasteiger partial charge on any atom is -0.314 e. The third-order valence-electron chi connectivity index (χ3n) is 4.19. The molecule has 1 aromatic heterocycles. The summed E-state index contributed by atoms with van der Waals surface area (Å²) in [5.41, 5.74) is 0.418. The van der Waals surface area contributed by atoms with Crippen LogP contribution in [0, 0.1) is 0 Å². The minimum atomic E-state index is -0.444. The van der Waals surface area contributed by atoms with Crippen LogP contribution in [0.2, 0.25) is 0 Å². The van der Waals surface area contributed by atoms with Gasteiger partial charge in [0.05, 0.1) is 5.54 Å². The van der Waals surface area contributed by atoms with Crippen molar-refractivity contribution in [3.63, 3.8) is 0 Å². The molecule has 3 nitrogen and oxygen atoms in total. The van der Waals surface area contributed by atoms with Crippen molar-refractivity contribution in [2.75, 3.05) is 26.2 Å². The molecule has 0 atom stereocenters. The highest BCUT2D eigenvalue weighted by Gasteiger charge is 2.36.